The molecule has 3 rings (SSSR count). The minimum atomic E-state index is 0.119. The Balaban J connectivity index is 1.44. The Hall–Kier alpha value is -2.33. The molecule has 1 aliphatic heterocycles. The lowest BCUT2D eigenvalue weighted by Gasteiger charge is -2.31. The van der Waals surface area contributed by atoms with Gasteiger partial charge in [0.2, 0.25) is 5.91 Å². The van der Waals surface area contributed by atoms with Crippen LogP contribution < -0.4 is 10.1 Å². The Morgan fingerprint density at radius 1 is 1.11 bits per heavy atom. The van der Waals surface area contributed by atoms with Crippen LogP contribution in [0.15, 0.2) is 48.5 Å². The van der Waals surface area contributed by atoms with Crippen molar-refractivity contribution in [3.63, 3.8) is 0 Å². The summed E-state index contributed by atoms with van der Waals surface area (Å²) in [4.78, 5) is 15.0. The minimum absolute atomic E-state index is 0.119. The van der Waals surface area contributed by atoms with Crippen LogP contribution in [0.2, 0.25) is 0 Å². The van der Waals surface area contributed by atoms with Gasteiger partial charge in [-0.1, -0.05) is 42.0 Å². The van der Waals surface area contributed by atoms with Crippen LogP contribution in [-0.2, 0) is 17.9 Å². The number of ether oxygens (including phenoxy) is 1. The molecule has 1 N–H and O–H groups in total. The summed E-state index contributed by atoms with van der Waals surface area (Å²) >= 11 is 0. The monoisotopic (exact) mass is 366 g/mol. The molecule has 1 fully saturated rings. The third-order valence-corrected chi connectivity index (χ3v) is 5.12. The van der Waals surface area contributed by atoms with E-state index < -0.39 is 0 Å². The lowest BCUT2D eigenvalue weighted by Crippen LogP contribution is -2.40. The summed E-state index contributed by atoms with van der Waals surface area (Å²) < 4.78 is 5.52. The van der Waals surface area contributed by atoms with E-state index in [1.807, 2.05) is 31.2 Å². The molecule has 1 aliphatic rings. The van der Waals surface area contributed by atoms with Crippen molar-refractivity contribution in [3.05, 3.63) is 65.2 Å². The van der Waals surface area contributed by atoms with E-state index in [-0.39, 0.29) is 11.8 Å². The van der Waals surface area contributed by atoms with Crippen LogP contribution >= 0.6 is 0 Å². The van der Waals surface area contributed by atoms with Gasteiger partial charge in [0.15, 0.2) is 0 Å². The van der Waals surface area contributed by atoms with E-state index in [0.717, 1.165) is 43.8 Å². The average molecular weight is 367 g/mol. The molecule has 0 atom stereocenters. The van der Waals surface area contributed by atoms with Gasteiger partial charge in [0.25, 0.3) is 0 Å². The van der Waals surface area contributed by atoms with Crippen LogP contribution in [0.25, 0.3) is 0 Å². The molecular weight excluding hydrogens is 336 g/mol. The fourth-order valence-corrected chi connectivity index (χ4v) is 3.67. The van der Waals surface area contributed by atoms with Crippen molar-refractivity contribution in [2.45, 2.75) is 39.8 Å². The largest absolute Gasteiger partial charge is 0.494 e. The number of nitrogens with zero attached hydrogens (tertiary/aromatic N) is 1. The van der Waals surface area contributed by atoms with Crippen LogP contribution in [0.3, 0.4) is 0 Å². The molecule has 1 heterocycles. The molecule has 0 spiro atoms. The maximum absolute atomic E-state index is 12.5. The van der Waals surface area contributed by atoms with E-state index in [9.17, 15) is 4.79 Å². The Morgan fingerprint density at radius 2 is 1.85 bits per heavy atom. The van der Waals surface area contributed by atoms with Gasteiger partial charge < -0.3 is 10.1 Å². The molecule has 1 amide bonds. The zero-order valence-electron chi connectivity index (χ0n) is 16.4. The van der Waals surface area contributed by atoms with Gasteiger partial charge >= 0.3 is 0 Å². The van der Waals surface area contributed by atoms with E-state index in [4.69, 9.17) is 4.74 Å². The predicted octanol–water partition coefficient (Wildman–Crippen LogP) is 3.92. The second-order valence-electron chi connectivity index (χ2n) is 7.34. The molecular formula is C23H30N2O2. The maximum Gasteiger partial charge on any atom is 0.223 e. The topological polar surface area (TPSA) is 41.6 Å². The normalized spacial score (nSPS) is 15.5. The molecule has 2 aromatic carbocycles. The highest BCUT2D eigenvalue weighted by molar-refractivity contribution is 5.78. The first-order valence-electron chi connectivity index (χ1n) is 9.91. The summed E-state index contributed by atoms with van der Waals surface area (Å²) in [5, 5.41) is 3.10. The third kappa shape index (κ3) is 5.83. The van der Waals surface area contributed by atoms with Crippen LogP contribution in [0.4, 0.5) is 0 Å². The van der Waals surface area contributed by atoms with Gasteiger partial charge in [-0.3, -0.25) is 9.69 Å². The zero-order valence-corrected chi connectivity index (χ0v) is 16.4. The summed E-state index contributed by atoms with van der Waals surface area (Å²) in [5.74, 6) is 1.15. The summed E-state index contributed by atoms with van der Waals surface area (Å²) in [5.41, 5.74) is 3.73. The lowest BCUT2D eigenvalue weighted by atomic mass is 9.95. The first-order valence-corrected chi connectivity index (χ1v) is 9.91. The Labute approximate surface area is 162 Å². The third-order valence-electron chi connectivity index (χ3n) is 5.12. The van der Waals surface area contributed by atoms with Gasteiger partial charge in [0.05, 0.1) is 6.61 Å². The molecule has 0 saturated carbocycles. The van der Waals surface area contributed by atoms with Crippen molar-refractivity contribution >= 4 is 5.91 Å². The summed E-state index contributed by atoms with van der Waals surface area (Å²) in [6.45, 7) is 8.24. The molecule has 0 unspecified atom stereocenters. The highest BCUT2D eigenvalue weighted by Crippen LogP contribution is 2.20. The molecule has 0 bridgehead atoms. The zero-order chi connectivity index (χ0) is 19.1. The molecule has 0 radical (unpaired) electrons. The number of aryl methyl sites for hydroxylation is 1. The van der Waals surface area contributed by atoms with Crippen molar-refractivity contribution < 1.29 is 9.53 Å². The van der Waals surface area contributed by atoms with Gasteiger partial charge in [-0.2, -0.15) is 0 Å². The number of benzene rings is 2. The number of rotatable bonds is 7. The first kappa shape index (κ1) is 19.4. The van der Waals surface area contributed by atoms with Crippen LogP contribution in [0.1, 0.15) is 36.5 Å². The standard InChI is InChI=1S/C23H30N2O2/c1-3-27-22-9-5-7-19(15-22)16-24-23(26)21-10-12-25(13-11-21)17-20-8-4-6-18(2)14-20/h4-9,14-15,21H,3,10-13,16-17H2,1-2H3,(H,24,26). The molecule has 0 aromatic heterocycles. The number of piperidine rings is 1. The maximum atomic E-state index is 12.5. The SMILES string of the molecule is CCOc1cccc(CNC(=O)C2CCN(Cc3cccc(C)c3)CC2)c1. The highest BCUT2D eigenvalue weighted by atomic mass is 16.5. The minimum Gasteiger partial charge on any atom is -0.494 e. The van der Waals surface area contributed by atoms with E-state index in [1.165, 1.54) is 11.1 Å². The Kier molecular flexibility index (Phi) is 6.88. The van der Waals surface area contributed by atoms with E-state index in [1.54, 1.807) is 0 Å². The van der Waals surface area contributed by atoms with Gasteiger partial charge in [0.1, 0.15) is 5.75 Å². The number of likely N-dealkylation sites (tertiary alicyclic amines) is 1. The van der Waals surface area contributed by atoms with Crippen molar-refractivity contribution in [1.82, 2.24) is 10.2 Å². The fraction of sp³-hybridized carbons (Fsp3) is 0.435. The molecule has 4 nitrogen and oxygen atoms in total. The van der Waals surface area contributed by atoms with Crippen molar-refractivity contribution in [2.24, 2.45) is 5.92 Å². The highest BCUT2D eigenvalue weighted by Gasteiger charge is 2.24. The van der Waals surface area contributed by atoms with Gasteiger partial charge in [-0.05, 0) is 63.0 Å². The van der Waals surface area contributed by atoms with Crippen molar-refractivity contribution in [3.8, 4) is 5.75 Å². The first-order chi connectivity index (χ1) is 13.1. The number of hydrogen-bond donors (Lipinski definition) is 1. The van der Waals surface area contributed by atoms with Gasteiger partial charge in [0, 0.05) is 19.0 Å². The molecule has 2 aromatic rings. The summed E-state index contributed by atoms with van der Waals surface area (Å²) in [7, 11) is 0. The number of amides is 1. The molecule has 144 valence electrons. The average Bonchev–Trinajstić information content (AvgIpc) is 2.67. The van der Waals surface area contributed by atoms with E-state index >= 15 is 0 Å². The number of carbonyl (C=O) groups is 1. The van der Waals surface area contributed by atoms with Crippen LogP contribution in [0, 0.1) is 12.8 Å². The summed E-state index contributed by atoms with van der Waals surface area (Å²) in [6, 6.07) is 16.6. The van der Waals surface area contributed by atoms with Crippen LogP contribution in [0.5, 0.6) is 5.75 Å². The molecule has 4 heteroatoms. The Morgan fingerprint density at radius 3 is 2.59 bits per heavy atom. The Bertz CT molecular complexity index is 752. The number of hydrogen-bond acceptors (Lipinski definition) is 3. The molecule has 0 aliphatic carbocycles. The van der Waals surface area contributed by atoms with Crippen molar-refractivity contribution in [2.75, 3.05) is 19.7 Å². The van der Waals surface area contributed by atoms with Gasteiger partial charge in [-0.15, -0.1) is 0 Å². The van der Waals surface area contributed by atoms with E-state index in [0.29, 0.717) is 13.2 Å². The second-order valence-corrected chi connectivity index (χ2v) is 7.34. The predicted molar refractivity (Wildman–Crippen MR) is 109 cm³/mol. The second kappa shape index (κ2) is 9.56. The van der Waals surface area contributed by atoms with Gasteiger partial charge in [-0.25, -0.2) is 0 Å². The van der Waals surface area contributed by atoms with Crippen molar-refractivity contribution in [1.29, 1.82) is 0 Å². The molecule has 1 saturated heterocycles. The molecule has 27 heavy (non-hydrogen) atoms. The summed E-state index contributed by atoms with van der Waals surface area (Å²) in [6.07, 6.45) is 1.85. The number of carbonyl (C=O) groups excluding carboxylic acids is 1. The number of nitrogens with one attached hydrogen (secondary N) is 1. The smallest absolute Gasteiger partial charge is 0.223 e. The van der Waals surface area contributed by atoms with Crippen LogP contribution in [-0.4, -0.2) is 30.5 Å². The quantitative estimate of drug-likeness (QED) is 0.807. The fourth-order valence-electron chi connectivity index (χ4n) is 3.67. The van der Waals surface area contributed by atoms with E-state index in [2.05, 4.69) is 41.4 Å². The lowest BCUT2D eigenvalue weighted by molar-refractivity contribution is -0.126.